The summed E-state index contributed by atoms with van der Waals surface area (Å²) < 4.78 is 5.73. The lowest BCUT2D eigenvalue weighted by Crippen LogP contribution is -2.49. The van der Waals surface area contributed by atoms with Crippen molar-refractivity contribution in [3.63, 3.8) is 0 Å². The smallest absolute Gasteiger partial charge is 0.0723 e. The van der Waals surface area contributed by atoms with Gasteiger partial charge >= 0.3 is 0 Å². The van der Waals surface area contributed by atoms with E-state index in [-0.39, 0.29) is 0 Å². The SMILES string of the molecule is CCC1COC(C)CN1c1ccccc1CCl. The number of benzene rings is 1. The summed E-state index contributed by atoms with van der Waals surface area (Å²) in [5, 5.41) is 0. The minimum atomic E-state index is 0.293. The Balaban J connectivity index is 2.28. The predicted molar refractivity (Wildman–Crippen MR) is 72.8 cm³/mol. The third-order valence-electron chi connectivity index (χ3n) is 3.38. The Bertz CT molecular complexity index is 369. The van der Waals surface area contributed by atoms with Crippen LogP contribution in [-0.2, 0) is 10.6 Å². The molecule has 2 atom stereocenters. The lowest BCUT2D eigenvalue weighted by Gasteiger charge is -2.40. The van der Waals surface area contributed by atoms with E-state index in [2.05, 4.69) is 36.9 Å². The van der Waals surface area contributed by atoms with Crippen LogP contribution in [0.2, 0.25) is 0 Å². The van der Waals surface area contributed by atoms with Crippen molar-refractivity contribution < 1.29 is 4.74 Å². The molecule has 0 radical (unpaired) electrons. The molecule has 1 aliphatic rings. The molecule has 2 nitrogen and oxygen atoms in total. The van der Waals surface area contributed by atoms with Crippen LogP contribution >= 0.6 is 11.6 Å². The first-order valence-electron chi connectivity index (χ1n) is 6.28. The van der Waals surface area contributed by atoms with Gasteiger partial charge in [-0.05, 0) is 25.0 Å². The molecule has 2 unspecified atom stereocenters. The Kier molecular flexibility index (Phi) is 4.30. The summed E-state index contributed by atoms with van der Waals surface area (Å²) in [7, 11) is 0. The quantitative estimate of drug-likeness (QED) is 0.766. The minimum absolute atomic E-state index is 0.293. The van der Waals surface area contributed by atoms with E-state index in [1.807, 2.05) is 6.07 Å². The van der Waals surface area contributed by atoms with Gasteiger partial charge in [0.25, 0.3) is 0 Å². The molecule has 3 heteroatoms. The number of nitrogens with zero attached hydrogens (tertiary/aromatic N) is 1. The van der Waals surface area contributed by atoms with Gasteiger partial charge in [0.1, 0.15) is 0 Å². The summed E-state index contributed by atoms with van der Waals surface area (Å²) in [6.07, 6.45) is 1.39. The zero-order chi connectivity index (χ0) is 12.3. The molecule has 0 saturated carbocycles. The van der Waals surface area contributed by atoms with Gasteiger partial charge in [-0.15, -0.1) is 11.6 Å². The number of alkyl halides is 1. The maximum absolute atomic E-state index is 6.02. The first-order valence-corrected chi connectivity index (χ1v) is 6.81. The molecule has 1 aliphatic heterocycles. The molecule has 0 amide bonds. The monoisotopic (exact) mass is 253 g/mol. The molecule has 0 bridgehead atoms. The second-order valence-electron chi connectivity index (χ2n) is 4.62. The number of para-hydroxylation sites is 1. The van der Waals surface area contributed by atoms with Crippen LogP contribution in [0.3, 0.4) is 0 Å². The Morgan fingerprint density at radius 3 is 2.88 bits per heavy atom. The van der Waals surface area contributed by atoms with Crippen molar-refractivity contribution in [1.82, 2.24) is 0 Å². The fourth-order valence-corrected chi connectivity index (χ4v) is 2.61. The van der Waals surface area contributed by atoms with Gasteiger partial charge in [-0.1, -0.05) is 25.1 Å². The molecule has 1 saturated heterocycles. The Hall–Kier alpha value is -0.730. The van der Waals surface area contributed by atoms with Crippen molar-refractivity contribution in [2.75, 3.05) is 18.1 Å². The van der Waals surface area contributed by atoms with Gasteiger partial charge in [0.2, 0.25) is 0 Å². The van der Waals surface area contributed by atoms with E-state index in [4.69, 9.17) is 16.3 Å². The predicted octanol–water partition coefficient (Wildman–Crippen LogP) is 3.43. The number of hydrogen-bond acceptors (Lipinski definition) is 2. The number of hydrogen-bond donors (Lipinski definition) is 0. The summed E-state index contributed by atoms with van der Waals surface area (Å²) in [6, 6.07) is 8.87. The van der Waals surface area contributed by atoms with E-state index in [0.717, 1.165) is 19.6 Å². The topological polar surface area (TPSA) is 12.5 Å². The molecule has 0 spiro atoms. The van der Waals surface area contributed by atoms with Gasteiger partial charge in [-0.2, -0.15) is 0 Å². The van der Waals surface area contributed by atoms with Gasteiger partial charge in [0.15, 0.2) is 0 Å². The van der Waals surface area contributed by atoms with Crippen LogP contribution in [0.4, 0.5) is 5.69 Å². The minimum Gasteiger partial charge on any atom is -0.375 e. The second-order valence-corrected chi connectivity index (χ2v) is 4.89. The highest BCUT2D eigenvalue weighted by Gasteiger charge is 2.26. The standard InChI is InChI=1S/C14H20ClNO/c1-3-13-10-17-11(2)9-16(13)14-7-5-4-6-12(14)8-15/h4-7,11,13H,3,8-10H2,1-2H3. The molecule has 17 heavy (non-hydrogen) atoms. The van der Waals surface area contributed by atoms with E-state index in [1.165, 1.54) is 11.3 Å². The normalized spacial score (nSPS) is 25.0. The molecule has 0 N–H and O–H groups in total. The van der Waals surface area contributed by atoms with Gasteiger partial charge in [-0.3, -0.25) is 0 Å². The second kappa shape index (κ2) is 5.74. The van der Waals surface area contributed by atoms with Crippen molar-refractivity contribution in [2.24, 2.45) is 0 Å². The molecule has 2 rings (SSSR count). The number of anilines is 1. The van der Waals surface area contributed by atoms with E-state index in [0.29, 0.717) is 18.0 Å². The molecule has 0 aromatic heterocycles. The maximum atomic E-state index is 6.02. The first-order chi connectivity index (χ1) is 8.26. The Morgan fingerprint density at radius 2 is 2.18 bits per heavy atom. The van der Waals surface area contributed by atoms with E-state index >= 15 is 0 Å². The van der Waals surface area contributed by atoms with Crippen LogP contribution < -0.4 is 4.90 Å². The van der Waals surface area contributed by atoms with Gasteiger partial charge in [-0.25, -0.2) is 0 Å². The summed E-state index contributed by atoms with van der Waals surface area (Å²) >= 11 is 6.02. The van der Waals surface area contributed by atoms with Crippen molar-refractivity contribution in [2.45, 2.75) is 38.3 Å². The Morgan fingerprint density at radius 1 is 1.41 bits per heavy atom. The van der Waals surface area contributed by atoms with Crippen molar-refractivity contribution in [3.8, 4) is 0 Å². The van der Waals surface area contributed by atoms with Crippen molar-refractivity contribution >= 4 is 17.3 Å². The lowest BCUT2D eigenvalue weighted by molar-refractivity contribution is 0.0299. The first kappa shape index (κ1) is 12.7. The maximum Gasteiger partial charge on any atom is 0.0723 e. The highest BCUT2D eigenvalue weighted by Crippen LogP contribution is 2.27. The largest absolute Gasteiger partial charge is 0.375 e. The summed E-state index contributed by atoms with van der Waals surface area (Å²) in [4.78, 5) is 2.45. The number of halogens is 1. The summed E-state index contributed by atoms with van der Waals surface area (Å²) in [5.74, 6) is 0.568. The zero-order valence-corrected chi connectivity index (χ0v) is 11.3. The van der Waals surface area contributed by atoms with Crippen molar-refractivity contribution in [3.05, 3.63) is 29.8 Å². The molecule has 1 aromatic carbocycles. The van der Waals surface area contributed by atoms with E-state index in [1.54, 1.807) is 0 Å². The average Bonchev–Trinajstić information content (AvgIpc) is 2.38. The number of rotatable bonds is 3. The van der Waals surface area contributed by atoms with Crippen LogP contribution in [-0.4, -0.2) is 25.3 Å². The molecule has 1 fully saturated rings. The highest BCUT2D eigenvalue weighted by molar-refractivity contribution is 6.17. The molecular weight excluding hydrogens is 234 g/mol. The molecule has 94 valence electrons. The highest BCUT2D eigenvalue weighted by atomic mass is 35.5. The molecular formula is C14H20ClNO. The number of morpholine rings is 1. The third kappa shape index (κ3) is 2.75. The fourth-order valence-electron chi connectivity index (χ4n) is 2.38. The molecule has 1 aromatic rings. The fraction of sp³-hybridized carbons (Fsp3) is 0.571. The van der Waals surface area contributed by atoms with Crippen LogP contribution in [0.15, 0.2) is 24.3 Å². The van der Waals surface area contributed by atoms with E-state index < -0.39 is 0 Å². The van der Waals surface area contributed by atoms with Crippen LogP contribution in [0.25, 0.3) is 0 Å². The van der Waals surface area contributed by atoms with Crippen LogP contribution in [0.1, 0.15) is 25.8 Å². The average molecular weight is 254 g/mol. The van der Waals surface area contributed by atoms with Crippen LogP contribution in [0, 0.1) is 0 Å². The number of ether oxygens (including phenoxy) is 1. The van der Waals surface area contributed by atoms with Gasteiger partial charge in [0, 0.05) is 18.1 Å². The summed E-state index contributed by atoms with van der Waals surface area (Å²) in [5.41, 5.74) is 2.48. The van der Waals surface area contributed by atoms with Gasteiger partial charge in [0.05, 0.1) is 18.8 Å². The zero-order valence-electron chi connectivity index (χ0n) is 10.5. The lowest BCUT2D eigenvalue weighted by atomic mass is 10.1. The Labute approximate surface area is 109 Å². The third-order valence-corrected chi connectivity index (χ3v) is 3.67. The summed E-state index contributed by atoms with van der Waals surface area (Å²) in [6.45, 7) is 6.10. The van der Waals surface area contributed by atoms with Crippen LogP contribution in [0.5, 0.6) is 0 Å². The van der Waals surface area contributed by atoms with Gasteiger partial charge < -0.3 is 9.64 Å². The van der Waals surface area contributed by atoms with E-state index in [9.17, 15) is 0 Å². The van der Waals surface area contributed by atoms with Crippen molar-refractivity contribution in [1.29, 1.82) is 0 Å². The molecule has 0 aliphatic carbocycles. The molecule has 1 heterocycles.